The van der Waals surface area contributed by atoms with Crippen molar-refractivity contribution in [2.45, 2.75) is 25.3 Å². The van der Waals surface area contributed by atoms with Crippen LogP contribution in [0.15, 0.2) is 53.1 Å². The highest BCUT2D eigenvalue weighted by Gasteiger charge is 2.32. The molecule has 1 saturated heterocycles. The van der Waals surface area contributed by atoms with Crippen molar-refractivity contribution in [1.82, 2.24) is 15.0 Å². The Balaban J connectivity index is 1.60. The third kappa shape index (κ3) is 3.71. The first-order chi connectivity index (χ1) is 13.1. The highest BCUT2D eigenvalue weighted by Crippen LogP contribution is 2.32. The zero-order chi connectivity index (χ0) is 18.8. The molecular formula is C20H17ClFN3O2. The van der Waals surface area contributed by atoms with Gasteiger partial charge in [-0.1, -0.05) is 16.8 Å². The maximum atomic E-state index is 13.2. The van der Waals surface area contributed by atoms with Crippen LogP contribution in [0, 0.1) is 5.82 Å². The van der Waals surface area contributed by atoms with Crippen molar-refractivity contribution in [3.05, 3.63) is 70.8 Å². The Bertz CT molecular complexity index is 941. The Hall–Kier alpha value is -2.73. The quantitative estimate of drug-likeness (QED) is 0.643. The van der Waals surface area contributed by atoms with Crippen LogP contribution >= 0.6 is 11.6 Å². The van der Waals surface area contributed by atoms with Gasteiger partial charge in [-0.3, -0.25) is 4.79 Å². The molecule has 0 spiro atoms. The number of piperidine rings is 1. The van der Waals surface area contributed by atoms with Crippen LogP contribution in [0.25, 0.3) is 11.4 Å². The highest BCUT2D eigenvalue weighted by molar-refractivity contribution is 6.30. The number of halogens is 2. The van der Waals surface area contributed by atoms with Gasteiger partial charge in [-0.2, -0.15) is 4.98 Å². The molecule has 1 aliphatic heterocycles. The van der Waals surface area contributed by atoms with Crippen LogP contribution in [-0.4, -0.2) is 27.5 Å². The van der Waals surface area contributed by atoms with Gasteiger partial charge in [0, 0.05) is 22.7 Å². The summed E-state index contributed by atoms with van der Waals surface area (Å²) in [7, 11) is 0. The molecule has 5 nitrogen and oxygen atoms in total. The van der Waals surface area contributed by atoms with E-state index in [9.17, 15) is 9.18 Å². The second-order valence-corrected chi connectivity index (χ2v) is 6.92. The second-order valence-electron chi connectivity index (χ2n) is 6.48. The van der Waals surface area contributed by atoms with Crippen LogP contribution in [0.5, 0.6) is 0 Å². The molecule has 138 valence electrons. The smallest absolute Gasteiger partial charge is 0.254 e. The largest absolute Gasteiger partial charge is 0.337 e. The van der Waals surface area contributed by atoms with E-state index in [4.69, 9.17) is 16.1 Å². The minimum atomic E-state index is -0.369. The van der Waals surface area contributed by atoms with Gasteiger partial charge in [0.05, 0.1) is 0 Å². The van der Waals surface area contributed by atoms with E-state index < -0.39 is 0 Å². The molecule has 7 heteroatoms. The van der Waals surface area contributed by atoms with E-state index in [2.05, 4.69) is 10.1 Å². The first kappa shape index (κ1) is 17.7. The summed E-state index contributed by atoms with van der Waals surface area (Å²) < 4.78 is 18.6. The summed E-state index contributed by atoms with van der Waals surface area (Å²) in [4.78, 5) is 19.1. The van der Waals surface area contributed by atoms with Gasteiger partial charge in [-0.25, -0.2) is 4.39 Å². The maximum Gasteiger partial charge on any atom is 0.254 e. The number of benzene rings is 2. The lowest BCUT2D eigenvalue weighted by atomic mass is 10.0. The minimum Gasteiger partial charge on any atom is -0.337 e. The molecule has 0 saturated carbocycles. The molecule has 1 atom stereocenters. The zero-order valence-corrected chi connectivity index (χ0v) is 15.2. The SMILES string of the molecule is O=C(c1ccc(F)cc1)N1CCCCC1c1nc(-c2ccc(Cl)cc2)no1. The highest BCUT2D eigenvalue weighted by atomic mass is 35.5. The minimum absolute atomic E-state index is 0.161. The summed E-state index contributed by atoms with van der Waals surface area (Å²) >= 11 is 5.92. The monoisotopic (exact) mass is 385 g/mol. The Morgan fingerprint density at radius 1 is 1.11 bits per heavy atom. The summed E-state index contributed by atoms with van der Waals surface area (Å²) in [5.41, 5.74) is 1.24. The molecule has 2 heterocycles. The molecule has 4 rings (SSSR count). The van der Waals surface area contributed by atoms with Crippen LogP contribution in [0.2, 0.25) is 5.02 Å². The average Bonchev–Trinajstić information content (AvgIpc) is 3.19. The number of carbonyl (C=O) groups excluding carboxylic acids is 1. The maximum absolute atomic E-state index is 13.2. The topological polar surface area (TPSA) is 59.2 Å². The van der Waals surface area contributed by atoms with Crippen LogP contribution in [0.1, 0.15) is 41.6 Å². The van der Waals surface area contributed by atoms with Crippen molar-refractivity contribution in [2.24, 2.45) is 0 Å². The van der Waals surface area contributed by atoms with Crippen LogP contribution in [0.3, 0.4) is 0 Å². The molecule has 0 radical (unpaired) electrons. The van der Waals surface area contributed by atoms with Gasteiger partial charge in [0.1, 0.15) is 11.9 Å². The molecule has 2 aromatic carbocycles. The summed E-state index contributed by atoms with van der Waals surface area (Å²) in [6.07, 6.45) is 2.62. The van der Waals surface area contributed by atoms with Gasteiger partial charge < -0.3 is 9.42 Å². The van der Waals surface area contributed by atoms with E-state index in [1.807, 2.05) is 12.1 Å². The number of rotatable bonds is 3. The van der Waals surface area contributed by atoms with Crippen LogP contribution in [0.4, 0.5) is 4.39 Å². The Kier molecular flexibility index (Phi) is 4.90. The third-order valence-electron chi connectivity index (χ3n) is 4.68. The van der Waals surface area contributed by atoms with Gasteiger partial charge in [0.2, 0.25) is 11.7 Å². The third-order valence-corrected chi connectivity index (χ3v) is 4.94. The number of nitrogens with zero attached hydrogens (tertiary/aromatic N) is 3. The number of amides is 1. The number of likely N-dealkylation sites (tertiary alicyclic amines) is 1. The second kappa shape index (κ2) is 7.48. The molecule has 0 bridgehead atoms. The average molecular weight is 386 g/mol. The summed E-state index contributed by atoms with van der Waals surface area (Å²) in [5, 5.41) is 4.68. The number of aromatic nitrogens is 2. The normalized spacial score (nSPS) is 17.1. The molecule has 1 aliphatic rings. The van der Waals surface area contributed by atoms with Crippen LogP contribution in [-0.2, 0) is 0 Å². The molecule has 1 aromatic heterocycles. The zero-order valence-electron chi connectivity index (χ0n) is 14.4. The lowest BCUT2D eigenvalue weighted by molar-refractivity contribution is 0.0561. The molecule has 1 fully saturated rings. The van der Waals surface area contributed by atoms with Crippen molar-refractivity contribution in [2.75, 3.05) is 6.54 Å². The number of hydrogen-bond donors (Lipinski definition) is 0. The first-order valence-corrected chi connectivity index (χ1v) is 9.16. The first-order valence-electron chi connectivity index (χ1n) is 8.78. The molecule has 27 heavy (non-hydrogen) atoms. The Labute approximate surface area is 160 Å². The lowest BCUT2D eigenvalue weighted by Gasteiger charge is -2.33. The van der Waals surface area contributed by atoms with Crippen molar-refractivity contribution in [1.29, 1.82) is 0 Å². The predicted octanol–water partition coefficient (Wildman–Crippen LogP) is 4.90. The molecule has 1 unspecified atom stereocenters. The Morgan fingerprint density at radius 3 is 2.59 bits per heavy atom. The van der Waals surface area contributed by atoms with E-state index >= 15 is 0 Å². The number of carbonyl (C=O) groups is 1. The van der Waals surface area contributed by atoms with Crippen molar-refractivity contribution < 1.29 is 13.7 Å². The van der Waals surface area contributed by atoms with E-state index in [1.165, 1.54) is 24.3 Å². The predicted molar refractivity (Wildman–Crippen MR) is 98.8 cm³/mol. The van der Waals surface area contributed by atoms with E-state index in [1.54, 1.807) is 17.0 Å². The van der Waals surface area contributed by atoms with E-state index in [0.29, 0.717) is 28.8 Å². The van der Waals surface area contributed by atoms with Gasteiger partial charge >= 0.3 is 0 Å². The molecule has 1 amide bonds. The molecular weight excluding hydrogens is 369 g/mol. The summed E-state index contributed by atoms with van der Waals surface area (Å²) in [5.74, 6) is 0.341. The molecule has 3 aromatic rings. The molecule has 0 N–H and O–H groups in total. The fourth-order valence-electron chi connectivity index (χ4n) is 3.28. The van der Waals surface area contributed by atoms with E-state index in [-0.39, 0.29) is 17.8 Å². The van der Waals surface area contributed by atoms with Crippen molar-refractivity contribution in [3.8, 4) is 11.4 Å². The fraction of sp³-hybridized carbons (Fsp3) is 0.250. The Morgan fingerprint density at radius 2 is 1.85 bits per heavy atom. The van der Waals surface area contributed by atoms with E-state index in [0.717, 1.165) is 24.8 Å². The standard InChI is InChI=1S/C20H17ClFN3O2/c21-15-8-4-13(5-9-15)18-23-19(27-24-18)17-3-1-2-12-25(17)20(26)14-6-10-16(22)11-7-14/h4-11,17H,1-3,12H2. The van der Waals surface area contributed by atoms with Crippen molar-refractivity contribution >= 4 is 17.5 Å². The van der Waals surface area contributed by atoms with Crippen molar-refractivity contribution in [3.63, 3.8) is 0 Å². The lowest BCUT2D eigenvalue weighted by Crippen LogP contribution is -2.38. The van der Waals surface area contributed by atoms with Gasteiger partial charge in [-0.15, -0.1) is 0 Å². The number of hydrogen-bond acceptors (Lipinski definition) is 4. The fourth-order valence-corrected chi connectivity index (χ4v) is 3.40. The summed E-state index contributed by atoms with van der Waals surface area (Å²) in [6.45, 7) is 0.597. The molecule has 0 aliphatic carbocycles. The van der Waals surface area contributed by atoms with Gasteiger partial charge in [0.15, 0.2) is 0 Å². The summed E-state index contributed by atoms with van der Waals surface area (Å²) in [6, 6.07) is 12.4. The van der Waals surface area contributed by atoms with Gasteiger partial charge in [-0.05, 0) is 67.8 Å². The van der Waals surface area contributed by atoms with Crippen LogP contribution < -0.4 is 0 Å². The van der Waals surface area contributed by atoms with Gasteiger partial charge in [0.25, 0.3) is 5.91 Å².